The molecule has 0 aliphatic heterocycles. The topological polar surface area (TPSA) is 34.1 Å². The van der Waals surface area contributed by atoms with Crippen LogP contribution >= 0.6 is 0 Å². The van der Waals surface area contributed by atoms with Crippen molar-refractivity contribution in [2.75, 3.05) is 6.54 Å². The van der Waals surface area contributed by atoms with E-state index in [1.165, 1.54) is 11.1 Å². The minimum atomic E-state index is 0.504. The molecular weight excluding hydrogens is 260 g/mol. The Balaban J connectivity index is 1.94. The van der Waals surface area contributed by atoms with E-state index in [2.05, 4.69) is 49.3 Å². The molecule has 112 valence electrons. The van der Waals surface area contributed by atoms with Crippen LogP contribution in [0.4, 0.5) is 0 Å². The monoisotopic (exact) mass is 284 g/mol. The summed E-state index contributed by atoms with van der Waals surface area (Å²) in [5, 5.41) is 3.36. The van der Waals surface area contributed by atoms with Crippen molar-refractivity contribution in [1.82, 2.24) is 10.3 Å². The van der Waals surface area contributed by atoms with Gasteiger partial charge in [0, 0.05) is 6.54 Å². The van der Waals surface area contributed by atoms with E-state index in [0.29, 0.717) is 6.61 Å². The first-order chi connectivity index (χ1) is 10.2. The van der Waals surface area contributed by atoms with Crippen LogP contribution in [0.3, 0.4) is 0 Å². The van der Waals surface area contributed by atoms with Crippen LogP contribution in [0.1, 0.15) is 35.9 Å². The van der Waals surface area contributed by atoms with Crippen LogP contribution in [-0.2, 0) is 13.2 Å². The fraction of sp³-hybridized carbons (Fsp3) is 0.389. The lowest BCUT2D eigenvalue weighted by molar-refractivity contribution is 0.300. The fourth-order valence-corrected chi connectivity index (χ4v) is 2.27. The molecule has 3 heteroatoms. The number of ether oxygens (including phenoxy) is 1. The maximum atomic E-state index is 5.85. The quantitative estimate of drug-likeness (QED) is 0.786. The van der Waals surface area contributed by atoms with Gasteiger partial charge in [0.05, 0.1) is 11.4 Å². The highest BCUT2D eigenvalue weighted by Gasteiger charge is 2.01. The van der Waals surface area contributed by atoms with Gasteiger partial charge in [-0.1, -0.05) is 19.1 Å². The summed E-state index contributed by atoms with van der Waals surface area (Å²) in [4.78, 5) is 4.62. The largest absolute Gasteiger partial charge is 0.487 e. The molecule has 2 rings (SSSR count). The number of aryl methyl sites for hydroxylation is 2. The predicted molar refractivity (Wildman–Crippen MR) is 86.5 cm³/mol. The van der Waals surface area contributed by atoms with Crippen molar-refractivity contribution in [3.05, 3.63) is 58.9 Å². The molecule has 0 radical (unpaired) electrons. The van der Waals surface area contributed by atoms with E-state index in [9.17, 15) is 0 Å². The Morgan fingerprint density at radius 2 is 1.76 bits per heavy atom. The molecule has 0 fully saturated rings. The van der Waals surface area contributed by atoms with E-state index < -0.39 is 0 Å². The van der Waals surface area contributed by atoms with Crippen LogP contribution in [0.15, 0.2) is 36.4 Å². The first kappa shape index (κ1) is 15.5. The van der Waals surface area contributed by atoms with Gasteiger partial charge < -0.3 is 10.1 Å². The van der Waals surface area contributed by atoms with E-state index in [-0.39, 0.29) is 0 Å². The average molecular weight is 284 g/mol. The van der Waals surface area contributed by atoms with Gasteiger partial charge in [-0.25, -0.2) is 0 Å². The minimum Gasteiger partial charge on any atom is -0.487 e. The molecular formula is C18H24N2O. The lowest BCUT2D eigenvalue weighted by Crippen LogP contribution is -2.15. The smallest absolute Gasteiger partial charge is 0.130 e. The molecule has 0 spiro atoms. The van der Waals surface area contributed by atoms with Crippen LogP contribution in [-0.4, -0.2) is 11.5 Å². The fourth-order valence-electron chi connectivity index (χ4n) is 2.27. The van der Waals surface area contributed by atoms with Gasteiger partial charge in [0.1, 0.15) is 12.4 Å². The third-order valence-corrected chi connectivity index (χ3v) is 3.18. The predicted octanol–water partition coefficient (Wildman–Crippen LogP) is 3.78. The van der Waals surface area contributed by atoms with Crippen molar-refractivity contribution in [2.24, 2.45) is 0 Å². The Bertz CT molecular complexity index is 561. The molecule has 3 nitrogen and oxygen atoms in total. The van der Waals surface area contributed by atoms with Gasteiger partial charge in [-0.15, -0.1) is 0 Å². The summed E-state index contributed by atoms with van der Waals surface area (Å²) < 4.78 is 5.85. The van der Waals surface area contributed by atoms with Crippen molar-refractivity contribution < 1.29 is 4.74 Å². The maximum Gasteiger partial charge on any atom is 0.130 e. The Labute approximate surface area is 127 Å². The summed E-state index contributed by atoms with van der Waals surface area (Å²) in [5.41, 5.74) is 4.46. The second kappa shape index (κ2) is 7.79. The van der Waals surface area contributed by atoms with Gasteiger partial charge in [-0.2, -0.15) is 0 Å². The number of nitrogens with one attached hydrogen (secondary N) is 1. The van der Waals surface area contributed by atoms with Crippen LogP contribution in [0, 0.1) is 13.8 Å². The molecule has 1 heterocycles. The van der Waals surface area contributed by atoms with E-state index in [0.717, 1.165) is 36.6 Å². The summed E-state index contributed by atoms with van der Waals surface area (Å²) in [5.74, 6) is 0.906. The number of pyridine rings is 1. The molecule has 0 aliphatic rings. The summed E-state index contributed by atoms with van der Waals surface area (Å²) >= 11 is 0. The van der Waals surface area contributed by atoms with Gasteiger partial charge in [0.15, 0.2) is 0 Å². The Hall–Kier alpha value is -1.87. The van der Waals surface area contributed by atoms with E-state index in [4.69, 9.17) is 4.74 Å². The van der Waals surface area contributed by atoms with Crippen LogP contribution in [0.2, 0.25) is 0 Å². The van der Waals surface area contributed by atoms with Crippen molar-refractivity contribution in [3.63, 3.8) is 0 Å². The lowest BCUT2D eigenvalue weighted by atomic mass is 10.1. The van der Waals surface area contributed by atoms with E-state index in [1.54, 1.807) is 0 Å². The zero-order chi connectivity index (χ0) is 15.1. The van der Waals surface area contributed by atoms with Gasteiger partial charge in [-0.3, -0.25) is 4.98 Å². The highest BCUT2D eigenvalue weighted by molar-refractivity contribution is 5.33. The minimum absolute atomic E-state index is 0.504. The number of nitrogens with zero attached hydrogens (tertiary/aromatic N) is 1. The first-order valence-electron chi connectivity index (χ1n) is 7.54. The highest BCUT2D eigenvalue weighted by Crippen LogP contribution is 2.17. The molecule has 0 atom stereocenters. The van der Waals surface area contributed by atoms with Gasteiger partial charge >= 0.3 is 0 Å². The van der Waals surface area contributed by atoms with Gasteiger partial charge in [0.25, 0.3) is 0 Å². The van der Waals surface area contributed by atoms with Crippen molar-refractivity contribution in [1.29, 1.82) is 0 Å². The Kier molecular flexibility index (Phi) is 5.76. The lowest BCUT2D eigenvalue weighted by Gasteiger charge is -2.09. The van der Waals surface area contributed by atoms with E-state index >= 15 is 0 Å². The molecule has 21 heavy (non-hydrogen) atoms. The average Bonchev–Trinajstić information content (AvgIpc) is 2.45. The molecule has 1 N–H and O–H groups in total. The summed E-state index contributed by atoms with van der Waals surface area (Å²) in [6.45, 7) is 8.66. The van der Waals surface area contributed by atoms with Crippen molar-refractivity contribution >= 4 is 0 Å². The number of rotatable bonds is 7. The molecule has 0 unspecified atom stereocenters. The molecule has 0 saturated carbocycles. The van der Waals surface area contributed by atoms with Gasteiger partial charge in [0.2, 0.25) is 0 Å². The summed E-state index contributed by atoms with van der Waals surface area (Å²) in [7, 11) is 0. The van der Waals surface area contributed by atoms with Crippen LogP contribution in [0.5, 0.6) is 5.75 Å². The standard InChI is InChI=1S/C18H24N2O/c1-4-8-19-12-16-6-5-7-17(20-16)13-21-18-10-14(2)9-15(3)11-18/h5-7,9-11,19H,4,8,12-13H2,1-3H3. The van der Waals surface area contributed by atoms with Gasteiger partial charge in [-0.05, 0) is 62.2 Å². The second-order valence-corrected chi connectivity index (χ2v) is 5.41. The zero-order valence-electron chi connectivity index (χ0n) is 13.1. The van der Waals surface area contributed by atoms with Crippen LogP contribution < -0.4 is 10.1 Å². The SMILES string of the molecule is CCCNCc1cccc(COc2cc(C)cc(C)c2)n1. The first-order valence-corrected chi connectivity index (χ1v) is 7.54. The number of hydrogen-bond donors (Lipinski definition) is 1. The molecule has 2 aromatic rings. The van der Waals surface area contributed by atoms with Crippen molar-refractivity contribution in [3.8, 4) is 5.75 Å². The molecule has 1 aromatic heterocycles. The molecule has 0 aliphatic carbocycles. The zero-order valence-corrected chi connectivity index (χ0v) is 13.1. The number of hydrogen-bond acceptors (Lipinski definition) is 3. The van der Waals surface area contributed by atoms with Crippen LogP contribution in [0.25, 0.3) is 0 Å². The molecule has 0 bridgehead atoms. The molecule has 1 aromatic carbocycles. The second-order valence-electron chi connectivity index (χ2n) is 5.41. The van der Waals surface area contributed by atoms with Crippen molar-refractivity contribution in [2.45, 2.75) is 40.3 Å². The third-order valence-electron chi connectivity index (χ3n) is 3.18. The van der Waals surface area contributed by atoms with E-state index in [1.807, 2.05) is 18.2 Å². The Morgan fingerprint density at radius 1 is 1.05 bits per heavy atom. The summed E-state index contributed by atoms with van der Waals surface area (Å²) in [6.07, 6.45) is 1.13. The number of benzene rings is 1. The molecule has 0 amide bonds. The Morgan fingerprint density at radius 3 is 2.48 bits per heavy atom. The maximum absolute atomic E-state index is 5.85. The third kappa shape index (κ3) is 5.20. The molecule has 0 saturated heterocycles. The normalized spacial score (nSPS) is 10.6. The summed E-state index contributed by atoms with van der Waals surface area (Å²) in [6, 6.07) is 12.3. The number of aromatic nitrogens is 1. The highest BCUT2D eigenvalue weighted by atomic mass is 16.5.